The molecule has 0 amide bonds. The number of hydrogen-bond donors (Lipinski definition) is 0. The minimum absolute atomic E-state index is 0.485. The Balaban J connectivity index is 1.45. The lowest BCUT2D eigenvalue weighted by molar-refractivity contribution is 0.316. The second-order valence-corrected chi connectivity index (χ2v) is 9.58. The highest BCUT2D eigenvalue weighted by molar-refractivity contribution is 5.63. The van der Waals surface area contributed by atoms with Gasteiger partial charge >= 0.3 is 0 Å². The van der Waals surface area contributed by atoms with Gasteiger partial charge in [-0.1, -0.05) is 18.9 Å². The van der Waals surface area contributed by atoms with Gasteiger partial charge in [0.05, 0.1) is 12.5 Å². The van der Waals surface area contributed by atoms with Gasteiger partial charge in [0.1, 0.15) is 29.4 Å². The number of ether oxygens (including phenoxy) is 1. The van der Waals surface area contributed by atoms with Gasteiger partial charge in [0.2, 0.25) is 0 Å². The summed E-state index contributed by atoms with van der Waals surface area (Å²) in [6, 6.07) is 10.1. The lowest BCUT2D eigenvalue weighted by atomic mass is 9.70. The van der Waals surface area contributed by atoms with Crippen LogP contribution in [-0.2, 0) is 12.0 Å². The smallest absolute Gasteiger partial charge is 0.164 e. The number of nitrogens with zero attached hydrogens (tertiary/aromatic N) is 6. The second-order valence-electron chi connectivity index (χ2n) is 9.58. The summed E-state index contributed by atoms with van der Waals surface area (Å²) < 4.78 is 37.6. The molecule has 2 aliphatic rings. The van der Waals surface area contributed by atoms with E-state index in [-0.39, 0.29) is 0 Å². The van der Waals surface area contributed by atoms with E-state index in [2.05, 4.69) is 24.8 Å². The lowest BCUT2D eigenvalue weighted by Gasteiger charge is -2.38. The first-order valence-corrected chi connectivity index (χ1v) is 11.9. The predicted molar refractivity (Wildman–Crippen MR) is 125 cm³/mol. The number of fused-ring (bicyclic) bond motifs is 1. The fraction of sp³-hybridized carbons (Fsp3) is 0.385. The molecule has 7 nitrogen and oxygen atoms in total. The molecule has 2 aromatic heterocycles. The quantitative estimate of drug-likeness (QED) is 0.392. The van der Waals surface area contributed by atoms with E-state index in [1.54, 1.807) is 24.2 Å². The van der Waals surface area contributed by atoms with Crippen LogP contribution in [0.15, 0.2) is 42.7 Å². The van der Waals surface area contributed by atoms with Crippen LogP contribution in [0.2, 0.25) is 0 Å². The first kappa shape index (κ1) is 21.9. The Bertz CT molecular complexity index is 1410. The Morgan fingerprint density at radius 2 is 1.94 bits per heavy atom. The summed E-state index contributed by atoms with van der Waals surface area (Å²) in [6.07, 6.45) is 6.57. The van der Waals surface area contributed by atoms with Crippen LogP contribution in [0.5, 0.6) is 5.75 Å². The highest BCUT2D eigenvalue weighted by atomic mass is 19.2. The van der Waals surface area contributed by atoms with E-state index in [1.807, 2.05) is 25.1 Å². The molecule has 1 saturated carbocycles. The van der Waals surface area contributed by atoms with E-state index in [4.69, 9.17) is 4.74 Å². The molecule has 35 heavy (non-hydrogen) atoms. The van der Waals surface area contributed by atoms with Gasteiger partial charge in [-0.15, -0.1) is 10.2 Å². The lowest BCUT2D eigenvalue weighted by Crippen LogP contribution is -2.36. The normalized spacial score (nSPS) is 19.5. The molecule has 0 saturated heterocycles. The van der Waals surface area contributed by atoms with Crippen LogP contribution >= 0.6 is 0 Å². The van der Waals surface area contributed by atoms with Crippen LogP contribution in [0.3, 0.4) is 0 Å². The molecule has 1 aliphatic heterocycles. The molecule has 180 valence electrons. The van der Waals surface area contributed by atoms with E-state index in [0.29, 0.717) is 17.5 Å². The Morgan fingerprint density at radius 3 is 2.66 bits per heavy atom. The third kappa shape index (κ3) is 3.69. The minimum atomic E-state index is -0.831. The van der Waals surface area contributed by atoms with E-state index >= 15 is 0 Å². The molecule has 6 rings (SSSR count). The first-order chi connectivity index (χ1) is 17.0. The zero-order chi connectivity index (χ0) is 24.2. The van der Waals surface area contributed by atoms with Crippen LogP contribution in [0, 0.1) is 24.5 Å². The second kappa shape index (κ2) is 8.25. The Morgan fingerprint density at radius 1 is 1.09 bits per heavy atom. The average molecular weight is 477 g/mol. The van der Waals surface area contributed by atoms with Crippen molar-refractivity contribution in [2.24, 2.45) is 5.92 Å². The van der Waals surface area contributed by atoms with Gasteiger partial charge in [-0.05, 0) is 68.0 Å². The van der Waals surface area contributed by atoms with Crippen molar-refractivity contribution in [1.82, 2.24) is 29.5 Å². The zero-order valence-electron chi connectivity index (χ0n) is 19.7. The van der Waals surface area contributed by atoms with Crippen LogP contribution in [0.1, 0.15) is 49.3 Å². The van der Waals surface area contributed by atoms with E-state index < -0.39 is 17.0 Å². The summed E-state index contributed by atoms with van der Waals surface area (Å²) in [4.78, 5) is 4.20. The molecule has 1 atom stereocenters. The van der Waals surface area contributed by atoms with Crippen molar-refractivity contribution in [3.63, 3.8) is 0 Å². The summed E-state index contributed by atoms with van der Waals surface area (Å²) in [6.45, 7) is 2.60. The molecule has 0 bridgehead atoms. The molecule has 3 heterocycles. The molecular weight excluding hydrogens is 450 g/mol. The van der Waals surface area contributed by atoms with Gasteiger partial charge in [-0.25, -0.2) is 18.4 Å². The van der Waals surface area contributed by atoms with E-state index in [0.717, 1.165) is 67.1 Å². The molecule has 4 aromatic rings. The summed E-state index contributed by atoms with van der Waals surface area (Å²) in [5, 5.41) is 13.6. The monoisotopic (exact) mass is 476 g/mol. The molecule has 2 aromatic carbocycles. The fourth-order valence-electron chi connectivity index (χ4n) is 5.39. The third-order valence-electron chi connectivity index (χ3n) is 7.26. The summed E-state index contributed by atoms with van der Waals surface area (Å²) >= 11 is 0. The van der Waals surface area contributed by atoms with Gasteiger partial charge in [0, 0.05) is 12.1 Å². The van der Waals surface area contributed by atoms with Crippen LogP contribution in [-0.4, -0.2) is 36.6 Å². The number of hydrogen-bond acceptors (Lipinski definition) is 5. The van der Waals surface area contributed by atoms with Crippen molar-refractivity contribution in [3.05, 3.63) is 71.6 Å². The van der Waals surface area contributed by atoms with Gasteiger partial charge in [0.15, 0.2) is 17.5 Å². The van der Waals surface area contributed by atoms with Crippen molar-refractivity contribution < 1.29 is 13.5 Å². The van der Waals surface area contributed by atoms with E-state index in [9.17, 15) is 8.78 Å². The first-order valence-electron chi connectivity index (χ1n) is 11.9. The highest BCUT2D eigenvalue weighted by Crippen LogP contribution is 2.50. The van der Waals surface area contributed by atoms with Crippen molar-refractivity contribution in [2.75, 3.05) is 7.11 Å². The molecule has 1 unspecified atom stereocenters. The van der Waals surface area contributed by atoms with Gasteiger partial charge in [-0.3, -0.25) is 0 Å². The average Bonchev–Trinajstić information content (AvgIpc) is 3.39. The third-order valence-corrected chi connectivity index (χ3v) is 7.26. The Hall–Kier alpha value is -3.62. The zero-order valence-corrected chi connectivity index (χ0v) is 19.7. The number of benzene rings is 2. The van der Waals surface area contributed by atoms with Crippen molar-refractivity contribution in [3.8, 4) is 22.8 Å². The highest BCUT2D eigenvalue weighted by Gasteiger charge is 2.45. The molecule has 1 fully saturated rings. The fourth-order valence-corrected chi connectivity index (χ4v) is 5.39. The van der Waals surface area contributed by atoms with Crippen LogP contribution < -0.4 is 4.74 Å². The molecule has 0 spiro atoms. The number of aryl methyl sites for hydroxylation is 1. The van der Waals surface area contributed by atoms with Gasteiger partial charge < -0.3 is 9.30 Å². The largest absolute Gasteiger partial charge is 0.494 e. The molecule has 0 N–H and O–H groups in total. The Labute approximate surface area is 201 Å². The van der Waals surface area contributed by atoms with Crippen LogP contribution in [0.4, 0.5) is 8.78 Å². The van der Waals surface area contributed by atoms with E-state index in [1.165, 1.54) is 12.1 Å². The number of methoxy groups -OCH3 is 1. The molecular formula is C26H26F2N6O. The van der Waals surface area contributed by atoms with Crippen molar-refractivity contribution in [2.45, 2.75) is 51.0 Å². The summed E-state index contributed by atoms with van der Waals surface area (Å²) in [5.74, 6) is 1.80. The Kier molecular flexibility index (Phi) is 5.16. The SMILES string of the molecule is COc1cc(-c2nnc3n2CCCC3(CC2CC2)c2ccc(F)c(F)c2)ccc1-n1cnc(C)n1. The minimum Gasteiger partial charge on any atom is -0.494 e. The maximum Gasteiger partial charge on any atom is 0.164 e. The molecule has 0 radical (unpaired) electrons. The van der Waals surface area contributed by atoms with Gasteiger partial charge in [0.25, 0.3) is 0 Å². The number of halogens is 2. The number of rotatable bonds is 6. The molecule has 1 aliphatic carbocycles. The predicted octanol–water partition coefficient (Wildman–Crippen LogP) is 5.00. The topological polar surface area (TPSA) is 70.7 Å². The molecule has 9 heteroatoms. The van der Waals surface area contributed by atoms with Crippen LogP contribution in [0.25, 0.3) is 17.1 Å². The maximum absolute atomic E-state index is 14.3. The maximum atomic E-state index is 14.3. The summed E-state index contributed by atoms with van der Waals surface area (Å²) in [7, 11) is 1.62. The van der Waals surface area contributed by atoms with Crippen molar-refractivity contribution in [1.29, 1.82) is 0 Å². The number of aromatic nitrogens is 6. The van der Waals surface area contributed by atoms with Gasteiger partial charge in [-0.2, -0.15) is 5.10 Å². The van der Waals surface area contributed by atoms with Crippen molar-refractivity contribution >= 4 is 0 Å². The summed E-state index contributed by atoms with van der Waals surface area (Å²) in [5.41, 5.74) is 1.94. The standard InChI is InChI=1S/C26H26F2N6O/c1-16-29-15-34(32-16)22-9-6-18(12-23(22)35-2)24-30-31-25-26(14-17-4-5-17,10-3-11-33(24)25)19-7-8-20(27)21(28)13-19/h6-9,12-13,15,17H,3-5,10-11,14H2,1-2H3.